The van der Waals surface area contributed by atoms with Crippen LogP contribution >= 0.6 is 0 Å². The van der Waals surface area contributed by atoms with Gasteiger partial charge in [-0.15, -0.1) is 0 Å². The molecule has 0 N–H and O–H groups in total. The number of rotatable bonds is 4. The first-order valence-corrected chi connectivity index (χ1v) is 11.3. The van der Waals surface area contributed by atoms with Gasteiger partial charge >= 0.3 is 0 Å². The fourth-order valence-corrected chi connectivity index (χ4v) is 6.03. The second-order valence-corrected chi connectivity index (χ2v) is 9.49. The van der Waals surface area contributed by atoms with E-state index in [-0.39, 0.29) is 0 Å². The molecule has 0 aromatic heterocycles. The lowest BCUT2D eigenvalue weighted by molar-refractivity contribution is 0.177. The van der Waals surface area contributed by atoms with Gasteiger partial charge in [0.2, 0.25) is 0 Å². The Morgan fingerprint density at radius 2 is 1.52 bits per heavy atom. The van der Waals surface area contributed by atoms with Crippen molar-refractivity contribution in [1.82, 2.24) is 0 Å². The van der Waals surface area contributed by atoms with Gasteiger partial charge < -0.3 is 0 Å². The smallest absolute Gasteiger partial charge is 0.166 e. The Labute approximate surface area is 163 Å². The standard InChI is InChI=1S/C25H34F2/c1-17-6-15-23(25(27)24(17)26)22-13-11-21(12-14-22)20-9-7-19(8-10-20)16-18-4-2-3-5-18/h6,13,15,18-21H,2-5,7-12,14,16H2,1H3. The molecule has 0 aliphatic heterocycles. The minimum Gasteiger partial charge on any atom is -0.203 e. The zero-order valence-corrected chi connectivity index (χ0v) is 16.8. The molecule has 0 amide bonds. The highest BCUT2D eigenvalue weighted by atomic mass is 19.2. The zero-order valence-electron chi connectivity index (χ0n) is 16.8. The summed E-state index contributed by atoms with van der Waals surface area (Å²) in [7, 11) is 0. The molecule has 1 aromatic carbocycles. The van der Waals surface area contributed by atoms with E-state index < -0.39 is 11.6 Å². The van der Waals surface area contributed by atoms with Gasteiger partial charge in [0.25, 0.3) is 0 Å². The maximum absolute atomic E-state index is 14.3. The first-order valence-electron chi connectivity index (χ1n) is 11.3. The van der Waals surface area contributed by atoms with Crippen molar-refractivity contribution in [2.45, 2.75) is 84.0 Å². The van der Waals surface area contributed by atoms with Gasteiger partial charge in [-0.1, -0.05) is 56.7 Å². The molecule has 4 rings (SSSR count). The molecule has 2 heteroatoms. The Bertz CT molecular complexity index is 676. The Morgan fingerprint density at radius 3 is 2.19 bits per heavy atom. The topological polar surface area (TPSA) is 0 Å². The van der Waals surface area contributed by atoms with Crippen molar-refractivity contribution in [3.63, 3.8) is 0 Å². The van der Waals surface area contributed by atoms with Crippen LogP contribution in [-0.4, -0.2) is 0 Å². The van der Waals surface area contributed by atoms with Crippen molar-refractivity contribution in [2.75, 3.05) is 0 Å². The molecule has 0 saturated heterocycles. The molecule has 3 aliphatic rings. The van der Waals surface area contributed by atoms with Crippen molar-refractivity contribution in [1.29, 1.82) is 0 Å². The third kappa shape index (κ3) is 4.30. The van der Waals surface area contributed by atoms with Crippen LogP contribution in [0.25, 0.3) is 5.57 Å². The monoisotopic (exact) mass is 372 g/mol. The molecule has 3 aliphatic carbocycles. The molecule has 1 aromatic rings. The van der Waals surface area contributed by atoms with Crippen molar-refractivity contribution in [3.05, 3.63) is 41.0 Å². The molecule has 27 heavy (non-hydrogen) atoms. The Kier molecular flexibility index (Phi) is 5.99. The fraction of sp³-hybridized carbons (Fsp3) is 0.680. The molecule has 0 nitrogen and oxygen atoms in total. The summed E-state index contributed by atoms with van der Waals surface area (Å²) in [5.74, 6) is 2.25. The molecule has 1 atom stereocenters. The lowest BCUT2D eigenvalue weighted by atomic mass is 9.69. The van der Waals surface area contributed by atoms with E-state index in [4.69, 9.17) is 0 Å². The van der Waals surface area contributed by atoms with Crippen molar-refractivity contribution >= 4 is 5.57 Å². The van der Waals surface area contributed by atoms with E-state index in [1.807, 2.05) is 0 Å². The summed E-state index contributed by atoms with van der Waals surface area (Å²) in [4.78, 5) is 0. The maximum atomic E-state index is 14.3. The molecule has 148 valence electrons. The van der Waals surface area contributed by atoms with Crippen LogP contribution in [0.15, 0.2) is 18.2 Å². The summed E-state index contributed by atoms with van der Waals surface area (Å²) < 4.78 is 28.2. The number of hydrogen-bond acceptors (Lipinski definition) is 0. The molecule has 1 unspecified atom stereocenters. The van der Waals surface area contributed by atoms with Gasteiger partial charge in [-0.25, -0.2) is 8.78 Å². The quantitative estimate of drug-likeness (QED) is 0.505. The third-order valence-corrected chi connectivity index (χ3v) is 7.77. The van der Waals surface area contributed by atoms with Crippen LogP contribution in [0.3, 0.4) is 0 Å². The van der Waals surface area contributed by atoms with Gasteiger partial charge in [0.15, 0.2) is 11.6 Å². The van der Waals surface area contributed by atoms with E-state index >= 15 is 0 Å². The van der Waals surface area contributed by atoms with Gasteiger partial charge in [-0.05, 0) is 80.3 Å². The van der Waals surface area contributed by atoms with Gasteiger partial charge in [-0.3, -0.25) is 0 Å². The lowest BCUT2D eigenvalue weighted by Gasteiger charge is -2.36. The summed E-state index contributed by atoms with van der Waals surface area (Å²) in [6, 6.07) is 3.46. The molecular formula is C25H34F2. The van der Waals surface area contributed by atoms with Crippen LogP contribution in [0.4, 0.5) is 8.78 Å². The summed E-state index contributed by atoms with van der Waals surface area (Å²) in [6.07, 6.45) is 18.3. The minimum absolute atomic E-state index is 0.389. The van der Waals surface area contributed by atoms with Gasteiger partial charge in [0.1, 0.15) is 0 Å². The van der Waals surface area contributed by atoms with E-state index in [1.165, 1.54) is 57.8 Å². The molecule has 2 fully saturated rings. The van der Waals surface area contributed by atoms with Crippen LogP contribution in [0.2, 0.25) is 0 Å². The summed E-state index contributed by atoms with van der Waals surface area (Å²) in [5.41, 5.74) is 1.88. The minimum atomic E-state index is -0.684. The molecule has 0 heterocycles. The van der Waals surface area contributed by atoms with Crippen molar-refractivity contribution < 1.29 is 8.78 Å². The Hall–Kier alpha value is -1.18. The van der Waals surface area contributed by atoms with E-state index in [0.717, 1.165) is 48.5 Å². The molecule has 0 spiro atoms. The summed E-state index contributed by atoms with van der Waals surface area (Å²) >= 11 is 0. The van der Waals surface area contributed by atoms with Crippen LogP contribution in [0.5, 0.6) is 0 Å². The largest absolute Gasteiger partial charge is 0.203 e. The average molecular weight is 373 g/mol. The molecule has 2 saturated carbocycles. The first kappa shape index (κ1) is 19.2. The van der Waals surface area contributed by atoms with Crippen molar-refractivity contribution in [3.8, 4) is 0 Å². The molecule has 0 radical (unpaired) electrons. The van der Waals surface area contributed by atoms with Gasteiger partial charge in [0.05, 0.1) is 0 Å². The average Bonchev–Trinajstić information content (AvgIpc) is 3.20. The van der Waals surface area contributed by atoms with Crippen LogP contribution < -0.4 is 0 Å². The van der Waals surface area contributed by atoms with E-state index in [2.05, 4.69) is 6.08 Å². The lowest BCUT2D eigenvalue weighted by Crippen LogP contribution is -2.24. The zero-order chi connectivity index (χ0) is 18.8. The molecule has 0 bridgehead atoms. The second kappa shape index (κ2) is 8.45. The van der Waals surface area contributed by atoms with E-state index in [9.17, 15) is 8.78 Å². The molecular weight excluding hydrogens is 338 g/mol. The summed E-state index contributed by atoms with van der Waals surface area (Å²) in [5, 5.41) is 0. The normalized spacial score (nSPS) is 29.7. The Morgan fingerprint density at radius 1 is 0.815 bits per heavy atom. The van der Waals surface area contributed by atoms with Gasteiger partial charge in [-0.2, -0.15) is 0 Å². The van der Waals surface area contributed by atoms with Crippen LogP contribution in [0, 0.1) is 42.2 Å². The predicted octanol–water partition coefficient (Wildman–Crippen LogP) is 7.84. The fourth-order valence-electron chi connectivity index (χ4n) is 6.03. The highest BCUT2D eigenvalue weighted by Crippen LogP contribution is 2.44. The van der Waals surface area contributed by atoms with Crippen molar-refractivity contribution in [2.24, 2.45) is 23.7 Å². The highest BCUT2D eigenvalue weighted by Gasteiger charge is 2.30. The number of aryl methyl sites for hydroxylation is 1. The third-order valence-electron chi connectivity index (χ3n) is 7.77. The number of allylic oxidation sites excluding steroid dienone is 2. The van der Waals surface area contributed by atoms with E-state index in [1.54, 1.807) is 19.1 Å². The number of halogens is 2. The predicted molar refractivity (Wildman–Crippen MR) is 108 cm³/mol. The Balaban J connectivity index is 1.31. The second-order valence-electron chi connectivity index (χ2n) is 9.49. The highest BCUT2D eigenvalue weighted by molar-refractivity contribution is 5.67. The van der Waals surface area contributed by atoms with Crippen LogP contribution in [-0.2, 0) is 0 Å². The summed E-state index contributed by atoms with van der Waals surface area (Å²) in [6.45, 7) is 1.62. The SMILES string of the molecule is Cc1ccc(C2=CCC(C3CCC(CC4CCCC4)CC3)CC2)c(F)c1F. The number of hydrogen-bond donors (Lipinski definition) is 0. The first-order chi connectivity index (χ1) is 13.1. The van der Waals surface area contributed by atoms with E-state index in [0.29, 0.717) is 11.1 Å². The number of benzene rings is 1. The van der Waals surface area contributed by atoms with Crippen LogP contribution in [0.1, 0.15) is 88.2 Å². The van der Waals surface area contributed by atoms with Gasteiger partial charge in [0, 0.05) is 5.56 Å². The maximum Gasteiger partial charge on any atom is 0.166 e.